The Hall–Kier alpha value is -1.42. The molecular weight excluding hydrogens is 510 g/mol. The molecule has 0 saturated heterocycles. The lowest BCUT2D eigenvalue weighted by atomic mass is 9.95. The zero-order valence-electron chi connectivity index (χ0n) is 19.0. The molecule has 0 bridgehead atoms. The standard InChI is InChI=1S/C23H30BrN3O3S2/c1-23(2,3)30-21(28)18-14-7-5-6-8-16(14)32-20(18)26-22(29)25-11-15-13-9-10-27(4)12-17(13)31-19(15)24/h5-12H2,1-4H3,(H2,25,26,29). The fraction of sp³-hybridized carbons (Fsp3) is 0.565. The van der Waals surface area contributed by atoms with E-state index in [4.69, 9.17) is 4.74 Å². The van der Waals surface area contributed by atoms with Crippen molar-refractivity contribution in [2.45, 2.75) is 71.6 Å². The first-order chi connectivity index (χ1) is 15.1. The second-order valence-electron chi connectivity index (χ2n) is 9.47. The summed E-state index contributed by atoms with van der Waals surface area (Å²) in [6, 6.07) is -0.298. The highest BCUT2D eigenvalue weighted by Crippen LogP contribution is 2.39. The lowest BCUT2D eigenvalue weighted by molar-refractivity contribution is 0.00699. The van der Waals surface area contributed by atoms with Gasteiger partial charge in [0.25, 0.3) is 0 Å². The molecule has 3 heterocycles. The monoisotopic (exact) mass is 539 g/mol. The quantitative estimate of drug-likeness (QED) is 0.487. The first-order valence-electron chi connectivity index (χ1n) is 11.0. The van der Waals surface area contributed by atoms with E-state index in [1.807, 2.05) is 20.8 Å². The number of hydrogen-bond donors (Lipinski definition) is 2. The van der Waals surface area contributed by atoms with Gasteiger partial charge >= 0.3 is 12.0 Å². The van der Waals surface area contributed by atoms with E-state index in [1.165, 1.54) is 26.7 Å². The number of hydrogen-bond acceptors (Lipinski definition) is 6. The molecule has 2 aromatic rings. The lowest BCUT2D eigenvalue weighted by Crippen LogP contribution is -2.30. The zero-order chi connectivity index (χ0) is 23.0. The number of esters is 1. The zero-order valence-corrected chi connectivity index (χ0v) is 22.2. The highest BCUT2D eigenvalue weighted by atomic mass is 79.9. The molecule has 0 aromatic carbocycles. The molecule has 9 heteroatoms. The van der Waals surface area contributed by atoms with Crippen molar-refractivity contribution >= 4 is 55.6 Å². The minimum absolute atomic E-state index is 0.298. The highest BCUT2D eigenvalue weighted by molar-refractivity contribution is 9.11. The Balaban J connectivity index is 1.49. The molecule has 2 aliphatic rings. The van der Waals surface area contributed by atoms with Crippen LogP contribution in [0.4, 0.5) is 9.80 Å². The molecule has 0 saturated carbocycles. The van der Waals surface area contributed by atoms with Crippen LogP contribution in [-0.2, 0) is 37.1 Å². The number of amides is 2. The van der Waals surface area contributed by atoms with Crippen molar-refractivity contribution in [3.63, 3.8) is 0 Å². The number of rotatable bonds is 4. The van der Waals surface area contributed by atoms with E-state index in [0.29, 0.717) is 17.1 Å². The molecule has 0 atom stereocenters. The van der Waals surface area contributed by atoms with Crippen LogP contribution in [0.1, 0.15) is 70.4 Å². The van der Waals surface area contributed by atoms with Gasteiger partial charge in [-0.3, -0.25) is 5.32 Å². The number of thiophene rings is 2. The number of carbonyl (C=O) groups is 2. The van der Waals surface area contributed by atoms with E-state index in [0.717, 1.165) is 60.1 Å². The maximum Gasteiger partial charge on any atom is 0.341 e. The van der Waals surface area contributed by atoms with E-state index < -0.39 is 5.60 Å². The number of anilines is 1. The van der Waals surface area contributed by atoms with Crippen LogP contribution in [0.3, 0.4) is 0 Å². The minimum atomic E-state index is -0.585. The average molecular weight is 541 g/mol. The first kappa shape index (κ1) is 23.7. The molecule has 1 aliphatic heterocycles. The second kappa shape index (κ2) is 9.44. The summed E-state index contributed by atoms with van der Waals surface area (Å²) in [5.41, 5.74) is 3.50. The highest BCUT2D eigenvalue weighted by Gasteiger charge is 2.30. The molecule has 2 aromatic heterocycles. The second-order valence-corrected chi connectivity index (χ2v) is 13.0. The number of nitrogens with one attached hydrogen (secondary N) is 2. The van der Waals surface area contributed by atoms with Gasteiger partial charge in [0.2, 0.25) is 0 Å². The van der Waals surface area contributed by atoms with Gasteiger partial charge in [-0.05, 0) is 92.5 Å². The molecule has 4 rings (SSSR count). The SMILES string of the molecule is CN1CCc2c(sc(Br)c2CNC(=O)Nc2sc3c(c2C(=O)OC(C)(C)C)CCCC3)C1. The van der Waals surface area contributed by atoms with Gasteiger partial charge in [-0.25, -0.2) is 9.59 Å². The summed E-state index contributed by atoms with van der Waals surface area (Å²) in [5.74, 6) is -0.356. The van der Waals surface area contributed by atoms with Crippen molar-refractivity contribution in [2.75, 3.05) is 18.9 Å². The summed E-state index contributed by atoms with van der Waals surface area (Å²) < 4.78 is 6.75. The van der Waals surface area contributed by atoms with Gasteiger partial charge in [0, 0.05) is 29.4 Å². The summed E-state index contributed by atoms with van der Waals surface area (Å²) in [4.78, 5) is 30.7. The molecular formula is C23H30BrN3O3S2. The lowest BCUT2D eigenvalue weighted by Gasteiger charge is -2.23. The van der Waals surface area contributed by atoms with E-state index in [-0.39, 0.29) is 12.0 Å². The van der Waals surface area contributed by atoms with E-state index in [9.17, 15) is 9.59 Å². The van der Waals surface area contributed by atoms with Crippen molar-refractivity contribution in [1.29, 1.82) is 0 Å². The Labute approximate surface area is 205 Å². The van der Waals surface area contributed by atoms with Crippen LogP contribution in [0.2, 0.25) is 0 Å². The molecule has 2 N–H and O–H groups in total. The normalized spacial score (nSPS) is 16.3. The summed E-state index contributed by atoms with van der Waals surface area (Å²) in [6.07, 6.45) is 4.96. The minimum Gasteiger partial charge on any atom is -0.456 e. The molecule has 0 spiro atoms. The predicted octanol–water partition coefficient (Wildman–Crippen LogP) is 5.72. The summed E-state index contributed by atoms with van der Waals surface area (Å²) in [7, 11) is 2.13. The maximum absolute atomic E-state index is 13.0. The van der Waals surface area contributed by atoms with Crippen LogP contribution in [-0.4, -0.2) is 36.1 Å². The topological polar surface area (TPSA) is 70.7 Å². The Kier molecular flexibility index (Phi) is 7.00. The Morgan fingerprint density at radius 2 is 1.84 bits per heavy atom. The Morgan fingerprint density at radius 3 is 2.59 bits per heavy atom. The molecule has 2 amide bonds. The van der Waals surface area contributed by atoms with Gasteiger partial charge in [0.05, 0.1) is 9.35 Å². The third-order valence-corrected chi connectivity index (χ3v) is 8.95. The Bertz CT molecular complexity index is 1040. The first-order valence-corrected chi connectivity index (χ1v) is 13.4. The van der Waals surface area contributed by atoms with E-state index >= 15 is 0 Å². The van der Waals surface area contributed by atoms with Gasteiger partial charge in [0.1, 0.15) is 10.6 Å². The Morgan fingerprint density at radius 1 is 1.09 bits per heavy atom. The summed E-state index contributed by atoms with van der Waals surface area (Å²) in [6.45, 7) is 8.01. The number of urea groups is 1. The van der Waals surface area contributed by atoms with Gasteiger partial charge in [-0.1, -0.05) is 0 Å². The number of halogens is 1. The third-order valence-electron chi connectivity index (χ3n) is 5.74. The molecule has 1 aliphatic carbocycles. The smallest absolute Gasteiger partial charge is 0.341 e. The number of carbonyl (C=O) groups excluding carboxylic acids is 2. The van der Waals surface area contributed by atoms with Crippen LogP contribution in [0.15, 0.2) is 3.79 Å². The number of nitrogens with zero attached hydrogens (tertiary/aromatic N) is 1. The van der Waals surface area contributed by atoms with Crippen molar-refractivity contribution < 1.29 is 14.3 Å². The van der Waals surface area contributed by atoms with Crippen molar-refractivity contribution in [2.24, 2.45) is 0 Å². The van der Waals surface area contributed by atoms with Crippen molar-refractivity contribution in [3.05, 3.63) is 35.8 Å². The number of likely N-dealkylation sites (N-methyl/N-ethyl adjacent to an activating group) is 1. The fourth-order valence-electron chi connectivity index (χ4n) is 4.25. The molecule has 0 unspecified atom stereocenters. The van der Waals surface area contributed by atoms with Crippen LogP contribution >= 0.6 is 38.6 Å². The average Bonchev–Trinajstić information content (AvgIpc) is 3.20. The van der Waals surface area contributed by atoms with Gasteiger partial charge < -0.3 is 15.0 Å². The van der Waals surface area contributed by atoms with E-state index in [2.05, 4.69) is 38.5 Å². The largest absolute Gasteiger partial charge is 0.456 e. The van der Waals surface area contributed by atoms with Crippen LogP contribution in [0, 0.1) is 0 Å². The number of aryl methyl sites for hydroxylation is 1. The molecule has 6 nitrogen and oxygen atoms in total. The van der Waals surface area contributed by atoms with Crippen LogP contribution in [0.25, 0.3) is 0 Å². The molecule has 0 fully saturated rings. The van der Waals surface area contributed by atoms with E-state index in [1.54, 1.807) is 11.3 Å². The fourth-order valence-corrected chi connectivity index (χ4v) is 7.66. The van der Waals surface area contributed by atoms with Gasteiger partial charge in [0.15, 0.2) is 0 Å². The van der Waals surface area contributed by atoms with Crippen LogP contribution < -0.4 is 10.6 Å². The molecule has 32 heavy (non-hydrogen) atoms. The summed E-state index contributed by atoms with van der Waals surface area (Å²) in [5, 5.41) is 6.54. The summed E-state index contributed by atoms with van der Waals surface area (Å²) >= 11 is 6.94. The number of ether oxygens (including phenoxy) is 1. The van der Waals surface area contributed by atoms with Crippen molar-refractivity contribution in [1.82, 2.24) is 10.2 Å². The predicted molar refractivity (Wildman–Crippen MR) is 134 cm³/mol. The molecule has 0 radical (unpaired) electrons. The number of fused-ring (bicyclic) bond motifs is 2. The van der Waals surface area contributed by atoms with Gasteiger partial charge in [-0.15, -0.1) is 22.7 Å². The maximum atomic E-state index is 13.0. The van der Waals surface area contributed by atoms with Crippen molar-refractivity contribution in [3.8, 4) is 0 Å². The van der Waals surface area contributed by atoms with Crippen LogP contribution in [0.5, 0.6) is 0 Å². The van der Waals surface area contributed by atoms with Gasteiger partial charge in [-0.2, -0.15) is 0 Å². The molecule has 174 valence electrons. The third kappa shape index (κ3) is 5.21.